The summed E-state index contributed by atoms with van der Waals surface area (Å²) in [5, 5.41) is 2.31. The monoisotopic (exact) mass is 523 g/mol. The van der Waals surface area contributed by atoms with E-state index in [1.54, 1.807) is 0 Å². The minimum atomic E-state index is -5.05. The van der Waals surface area contributed by atoms with E-state index in [0.29, 0.717) is 18.6 Å². The molecule has 1 saturated heterocycles. The van der Waals surface area contributed by atoms with E-state index in [1.807, 2.05) is 0 Å². The lowest BCUT2D eigenvalue weighted by Gasteiger charge is -2.32. The molecule has 2 aromatic rings. The van der Waals surface area contributed by atoms with Gasteiger partial charge in [-0.1, -0.05) is 13.0 Å². The minimum Gasteiger partial charge on any atom is -0.431 e. The molecule has 1 aliphatic heterocycles. The first kappa shape index (κ1) is 27.2. The Morgan fingerprint density at radius 1 is 1.25 bits per heavy atom. The molecule has 0 bridgehead atoms. The average Bonchev–Trinajstić information content (AvgIpc) is 3.05. The molecule has 196 valence electrons. The van der Waals surface area contributed by atoms with Gasteiger partial charge in [-0.15, -0.1) is 0 Å². The molecule has 4 atom stereocenters. The van der Waals surface area contributed by atoms with Gasteiger partial charge in [-0.2, -0.15) is 26.3 Å². The molecule has 1 fully saturated rings. The molecule has 2 amide bonds. The van der Waals surface area contributed by atoms with E-state index in [4.69, 9.17) is 10.5 Å². The van der Waals surface area contributed by atoms with Crippen molar-refractivity contribution in [1.29, 1.82) is 0 Å². The van der Waals surface area contributed by atoms with E-state index < -0.39 is 71.1 Å². The number of amides is 2. The summed E-state index contributed by atoms with van der Waals surface area (Å²) in [5.41, 5.74) is 1.53. The number of nitrogens with one attached hydrogen (secondary N) is 1. The SMILES string of the molecule is Cc1cnc(C(N)=O)cc1NC(=O)[C@@H]1O[C@](C)(C(F)(F)F)[C@@H](C)[C@@H]1c1ccc(F)c(F)c1OC(F)F. The Hall–Kier alpha value is -3.42. The van der Waals surface area contributed by atoms with Crippen LogP contribution in [-0.4, -0.2) is 41.3 Å². The highest BCUT2D eigenvalue weighted by molar-refractivity contribution is 5.98. The molecular formula is C22H20F7N3O4. The zero-order valence-electron chi connectivity index (χ0n) is 18.9. The Bertz CT molecular complexity index is 1190. The van der Waals surface area contributed by atoms with E-state index in [-0.39, 0.29) is 11.4 Å². The van der Waals surface area contributed by atoms with Crippen molar-refractivity contribution in [2.75, 3.05) is 5.32 Å². The van der Waals surface area contributed by atoms with E-state index in [0.717, 1.165) is 19.1 Å². The molecule has 14 heteroatoms. The van der Waals surface area contributed by atoms with Crippen LogP contribution in [0.2, 0.25) is 0 Å². The second kappa shape index (κ2) is 9.56. The third-order valence-corrected chi connectivity index (χ3v) is 6.19. The molecule has 0 saturated carbocycles. The summed E-state index contributed by atoms with van der Waals surface area (Å²) in [4.78, 5) is 28.4. The number of ether oxygens (including phenoxy) is 2. The Balaban J connectivity index is 2.13. The third kappa shape index (κ3) is 4.81. The Morgan fingerprint density at radius 3 is 2.44 bits per heavy atom. The average molecular weight is 523 g/mol. The molecule has 1 aliphatic rings. The molecule has 0 aliphatic carbocycles. The number of nitrogens with two attached hydrogens (primary N) is 1. The van der Waals surface area contributed by atoms with E-state index in [2.05, 4.69) is 15.0 Å². The van der Waals surface area contributed by atoms with Gasteiger partial charge in [0.15, 0.2) is 17.2 Å². The molecule has 36 heavy (non-hydrogen) atoms. The number of rotatable bonds is 6. The van der Waals surface area contributed by atoms with Crippen LogP contribution >= 0.6 is 0 Å². The first-order valence-corrected chi connectivity index (χ1v) is 10.3. The van der Waals surface area contributed by atoms with Crippen LogP contribution in [0.5, 0.6) is 5.75 Å². The van der Waals surface area contributed by atoms with Gasteiger partial charge in [-0.05, 0) is 31.5 Å². The lowest BCUT2D eigenvalue weighted by atomic mass is 9.77. The van der Waals surface area contributed by atoms with Crippen molar-refractivity contribution < 1.29 is 49.8 Å². The molecule has 3 rings (SSSR count). The number of carbonyl (C=O) groups excluding carboxylic acids is 2. The van der Waals surface area contributed by atoms with Crippen LogP contribution in [0.1, 0.15) is 41.4 Å². The number of halogens is 7. The van der Waals surface area contributed by atoms with Gasteiger partial charge in [0.25, 0.3) is 11.8 Å². The highest BCUT2D eigenvalue weighted by atomic mass is 19.4. The fourth-order valence-electron chi connectivity index (χ4n) is 4.04. The zero-order chi connectivity index (χ0) is 27.2. The number of benzene rings is 1. The molecule has 0 unspecified atom stereocenters. The van der Waals surface area contributed by atoms with Crippen LogP contribution in [-0.2, 0) is 9.53 Å². The lowest BCUT2D eigenvalue weighted by molar-refractivity contribution is -0.272. The number of aromatic nitrogens is 1. The van der Waals surface area contributed by atoms with E-state index in [1.165, 1.54) is 13.1 Å². The van der Waals surface area contributed by atoms with Gasteiger partial charge >= 0.3 is 12.8 Å². The number of hydrogen-bond donors (Lipinski definition) is 2. The predicted molar refractivity (Wildman–Crippen MR) is 110 cm³/mol. The van der Waals surface area contributed by atoms with Crippen molar-refractivity contribution in [3.05, 3.63) is 52.9 Å². The fraction of sp³-hybridized carbons (Fsp3) is 0.409. The van der Waals surface area contributed by atoms with E-state index in [9.17, 15) is 40.3 Å². The highest BCUT2D eigenvalue weighted by Gasteiger charge is 2.66. The second-order valence-corrected chi connectivity index (χ2v) is 8.35. The molecule has 1 aromatic carbocycles. The van der Waals surface area contributed by atoms with Gasteiger partial charge in [0.2, 0.25) is 5.82 Å². The van der Waals surface area contributed by atoms with Gasteiger partial charge in [-0.25, -0.2) is 4.39 Å². The van der Waals surface area contributed by atoms with Crippen molar-refractivity contribution >= 4 is 17.5 Å². The lowest BCUT2D eigenvalue weighted by Crippen LogP contribution is -2.47. The van der Waals surface area contributed by atoms with Gasteiger partial charge in [0.1, 0.15) is 11.8 Å². The van der Waals surface area contributed by atoms with Crippen LogP contribution in [0.25, 0.3) is 0 Å². The molecule has 0 radical (unpaired) electrons. The highest BCUT2D eigenvalue weighted by Crippen LogP contribution is 2.55. The molecule has 1 aromatic heterocycles. The number of carbonyl (C=O) groups is 2. The topological polar surface area (TPSA) is 104 Å². The van der Waals surface area contributed by atoms with Crippen molar-refractivity contribution in [1.82, 2.24) is 4.98 Å². The fourth-order valence-corrected chi connectivity index (χ4v) is 4.04. The van der Waals surface area contributed by atoms with E-state index >= 15 is 0 Å². The van der Waals surface area contributed by atoms with Gasteiger partial charge in [0, 0.05) is 29.3 Å². The zero-order valence-corrected chi connectivity index (χ0v) is 18.9. The first-order chi connectivity index (χ1) is 16.6. The van der Waals surface area contributed by atoms with Crippen molar-refractivity contribution in [2.45, 2.75) is 51.2 Å². The Morgan fingerprint density at radius 2 is 1.89 bits per heavy atom. The normalized spacial score (nSPS) is 24.1. The maximum atomic E-state index is 14.4. The molecule has 7 nitrogen and oxygen atoms in total. The number of aryl methyl sites for hydroxylation is 1. The van der Waals surface area contributed by atoms with Crippen molar-refractivity contribution in [3.63, 3.8) is 0 Å². The Labute approximate surface area is 199 Å². The quantitative estimate of drug-likeness (QED) is 0.545. The van der Waals surface area contributed by atoms with Crippen LogP contribution in [0.4, 0.5) is 36.4 Å². The predicted octanol–water partition coefficient (Wildman–Crippen LogP) is 4.45. The van der Waals surface area contributed by atoms with Crippen LogP contribution < -0.4 is 15.8 Å². The van der Waals surface area contributed by atoms with Gasteiger partial charge in [0.05, 0.1) is 0 Å². The summed E-state index contributed by atoms with van der Waals surface area (Å²) >= 11 is 0. The molecule has 2 heterocycles. The van der Waals surface area contributed by atoms with Crippen LogP contribution in [0.3, 0.4) is 0 Å². The number of primary amides is 1. The minimum absolute atomic E-state index is 0.0474. The molecule has 0 spiro atoms. The largest absolute Gasteiger partial charge is 0.431 e. The summed E-state index contributed by atoms with van der Waals surface area (Å²) in [6, 6.07) is 2.35. The number of hydrogen-bond acceptors (Lipinski definition) is 5. The van der Waals surface area contributed by atoms with Crippen molar-refractivity contribution in [2.24, 2.45) is 11.7 Å². The van der Waals surface area contributed by atoms with Gasteiger partial charge in [-0.3, -0.25) is 14.6 Å². The molecular weight excluding hydrogens is 503 g/mol. The summed E-state index contributed by atoms with van der Waals surface area (Å²) in [6.07, 6.45) is -5.90. The summed E-state index contributed by atoms with van der Waals surface area (Å²) in [6.45, 7) is -0.506. The summed E-state index contributed by atoms with van der Waals surface area (Å²) < 4.78 is 105. The molecule has 3 N–H and O–H groups in total. The van der Waals surface area contributed by atoms with Crippen molar-refractivity contribution in [3.8, 4) is 5.75 Å². The van der Waals surface area contributed by atoms with Crippen LogP contribution in [0, 0.1) is 24.5 Å². The number of anilines is 1. The number of pyridine rings is 1. The first-order valence-electron chi connectivity index (χ1n) is 10.3. The number of nitrogens with zero attached hydrogens (tertiary/aromatic N) is 1. The maximum Gasteiger partial charge on any atom is 0.417 e. The smallest absolute Gasteiger partial charge is 0.417 e. The third-order valence-electron chi connectivity index (χ3n) is 6.19. The number of alkyl halides is 5. The summed E-state index contributed by atoms with van der Waals surface area (Å²) in [7, 11) is 0. The summed E-state index contributed by atoms with van der Waals surface area (Å²) in [5.74, 6) is -10.3. The Kier molecular flexibility index (Phi) is 7.22. The maximum absolute atomic E-state index is 14.4. The van der Waals surface area contributed by atoms with Gasteiger partial charge < -0.3 is 20.5 Å². The second-order valence-electron chi connectivity index (χ2n) is 8.35. The standard InChI is InChI=1S/C22H20F7N3O4/c1-8-7-31-13(18(30)33)6-12(8)32-19(34)17-14(9(2)21(3,36-17)22(27,28)29)10-4-5-11(23)15(24)16(10)35-20(25)26/h4-7,9,14,17,20H,1-3H3,(H2,30,33)(H,31,32,34)/t9-,14+,17+,21-/m0/s1. The van der Waals surface area contributed by atoms with Crippen LogP contribution in [0.15, 0.2) is 24.4 Å².